The molecule has 0 unspecified atom stereocenters. The molecule has 2 heterocycles. The molecule has 4 nitrogen and oxygen atoms in total. The van der Waals surface area contributed by atoms with E-state index in [0.29, 0.717) is 15.1 Å². The molecule has 2 aromatic heterocycles. The van der Waals surface area contributed by atoms with Crippen molar-refractivity contribution in [3.63, 3.8) is 0 Å². The molecule has 0 aliphatic heterocycles. The largest absolute Gasteiger partial charge is 0.478 e. The van der Waals surface area contributed by atoms with Gasteiger partial charge in [-0.2, -0.15) is 0 Å². The van der Waals surface area contributed by atoms with Crippen LogP contribution in [0.3, 0.4) is 0 Å². The molecule has 0 atom stereocenters. The topological polar surface area (TPSA) is 63.1 Å². The summed E-state index contributed by atoms with van der Waals surface area (Å²) in [6.07, 6.45) is 2.98. The van der Waals surface area contributed by atoms with Gasteiger partial charge in [0.25, 0.3) is 0 Å². The Labute approximate surface area is 121 Å². The fourth-order valence-electron chi connectivity index (χ4n) is 1.17. The van der Waals surface area contributed by atoms with Gasteiger partial charge in [-0.1, -0.05) is 11.6 Å². The third-order valence-electron chi connectivity index (χ3n) is 1.96. The summed E-state index contributed by atoms with van der Waals surface area (Å²) in [5.41, 5.74) is 0.192. The van der Waals surface area contributed by atoms with Gasteiger partial charge in [0.2, 0.25) is 0 Å². The summed E-state index contributed by atoms with van der Waals surface area (Å²) in [6, 6.07) is 4.66. The molecule has 0 aliphatic rings. The van der Waals surface area contributed by atoms with E-state index in [-0.39, 0.29) is 5.56 Å². The molecule has 0 bridgehead atoms. The number of aromatic carboxylic acids is 1. The average molecular weight is 346 g/mol. The number of hydrogen-bond donors (Lipinski definition) is 1. The molecule has 0 radical (unpaired) electrons. The Morgan fingerprint density at radius 2 is 2.17 bits per heavy atom. The van der Waals surface area contributed by atoms with Crippen LogP contribution in [0.15, 0.2) is 45.1 Å². The van der Waals surface area contributed by atoms with Gasteiger partial charge in [0.1, 0.15) is 10.1 Å². The van der Waals surface area contributed by atoms with Gasteiger partial charge in [0.15, 0.2) is 0 Å². The van der Waals surface area contributed by atoms with Crippen LogP contribution in [0.2, 0.25) is 5.02 Å². The maximum absolute atomic E-state index is 10.8. The van der Waals surface area contributed by atoms with E-state index in [1.807, 2.05) is 0 Å². The highest BCUT2D eigenvalue weighted by Crippen LogP contribution is 2.32. The number of pyridine rings is 2. The number of carboxylic acids is 1. The molecular formula is C11H6BrClN2O2S. The van der Waals surface area contributed by atoms with Crippen molar-refractivity contribution >= 4 is 45.3 Å². The van der Waals surface area contributed by atoms with Crippen molar-refractivity contribution in [2.45, 2.75) is 10.1 Å². The first-order chi connectivity index (χ1) is 8.56. The molecule has 0 saturated carbocycles. The van der Waals surface area contributed by atoms with Gasteiger partial charge in [-0.05, 0) is 45.9 Å². The number of hydrogen-bond acceptors (Lipinski definition) is 4. The Balaban J connectivity index is 2.28. The molecule has 0 saturated heterocycles. The predicted octanol–water partition coefficient (Wildman–Crippen LogP) is 3.74. The van der Waals surface area contributed by atoms with E-state index in [4.69, 9.17) is 16.7 Å². The normalized spacial score (nSPS) is 10.3. The fourth-order valence-corrected chi connectivity index (χ4v) is 2.82. The van der Waals surface area contributed by atoms with Crippen LogP contribution in [-0.4, -0.2) is 21.0 Å². The summed E-state index contributed by atoms with van der Waals surface area (Å²) >= 11 is 10.4. The average Bonchev–Trinajstić information content (AvgIpc) is 2.33. The molecule has 0 amide bonds. The molecular weight excluding hydrogens is 340 g/mol. The summed E-state index contributed by atoms with van der Waals surface area (Å²) in [4.78, 5) is 19.1. The summed E-state index contributed by atoms with van der Waals surface area (Å²) in [5.74, 6) is -0.984. The maximum atomic E-state index is 10.8. The Kier molecular flexibility index (Phi) is 4.21. The quantitative estimate of drug-likeness (QED) is 0.918. The van der Waals surface area contributed by atoms with Gasteiger partial charge in [-0.25, -0.2) is 14.8 Å². The highest BCUT2D eigenvalue weighted by molar-refractivity contribution is 9.10. The molecule has 18 heavy (non-hydrogen) atoms. The molecule has 1 N–H and O–H groups in total. The van der Waals surface area contributed by atoms with Gasteiger partial charge in [-0.3, -0.25) is 0 Å². The minimum Gasteiger partial charge on any atom is -0.478 e. The molecule has 7 heteroatoms. The van der Waals surface area contributed by atoms with Gasteiger partial charge in [-0.15, -0.1) is 0 Å². The molecule has 0 aliphatic carbocycles. The Hall–Kier alpha value is -1.11. The number of halogens is 2. The highest BCUT2D eigenvalue weighted by Gasteiger charge is 2.09. The van der Waals surface area contributed by atoms with E-state index in [9.17, 15) is 4.79 Å². The monoisotopic (exact) mass is 344 g/mol. The van der Waals surface area contributed by atoms with Crippen LogP contribution in [0.5, 0.6) is 0 Å². The molecule has 0 spiro atoms. The van der Waals surface area contributed by atoms with E-state index in [1.165, 1.54) is 36.3 Å². The summed E-state index contributed by atoms with van der Waals surface area (Å²) < 4.78 is 0.738. The smallest absolute Gasteiger partial charge is 0.335 e. The zero-order valence-corrected chi connectivity index (χ0v) is 12.0. The van der Waals surface area contributed by atoms with Gasteiger partial charge >= 0.3 is 5.97 Å². The van der Waals surface area contributed by atoms with Crippen LogP contribution in [-0.2, 0) is 0 Å². The molecule has 2 rings (SSSR count). The standard InChI is InChI=1S/C11H6BrClN2O2S/c12-8-4-7(13)5-15-10(8)18-9-3-6(11(16)17)1-2-14-9/h1-5H,(H,16,17). The second kappa shape index (κ2) is 5.69. The van der Waals surface area contributed by atoms with Crippen molar-refractivity contribution < 1.29 is 9.90 Å². The lowest BCUT2D eigenvalue weighted by molar-refractivity contribution is 0.0696. The van der Waals surface area contributed by atoms with Crippen molar-refractivity contribution in [3.8, 4) is 0 Å². The third kappa shape index (κ3) is 3.22. The highest BCUT2D eigenvalue weighted by atomic mass is 79.9. The van der Waals surface area contributed by atoms with Gasteiger partial charge in [0.05, 0.1) is 15.1 Å². The Morgan fingerprint density at radius 1 is 1.39 bits per heavy atom. The minimum atomic E-state index is -0.984. The molecule has 0 fully saturated rings. The SMILES string of the molecule is O=C(O)c1ccnc(Sc2ncc(Cl)cc2Br)c1. The van der Waals surface area contributed by atoms with E-state index in [0.717, 1.165) is 4.47 Å². The van der Waals surface area contributed by atoms with E-state index < -0.39 is 5.97 Å². The lowest BCUT2D eigenvalue weighted by atomic mass is 10.3. The van der Waals surface area contributed by atoms with Crippen molar-refractivity contribution in [1.82, 2.24) is 9.97 Å². The zero-order valence-electron chi connectivity index (χ0n) is 8.80. The summed E-state index contributed by atoms with van der Waals surface area (Å²) in [7, 11) is 0. The number of rotatable bonds is 3. The van der Waals surface area contributed by atoms with Crippen molar-refractivity contribution in [3.05, 3.63) is 45.7 Å². The van der Waals surface area contributed by atoms with Crippen LogP contribution < -0.4 is 0 Å². The number of nitrogens with zero attached hydrogens (tertiary/aromatic N) is 2. The third-order valence-corrected chi connectivity index (χ3v) is 3.98. The molecule has 2 aromatic rings. The lowest BCUT2D eigenvalue weighted by Gasteiger charge is -2.03. The minimum absolute atomic E-state index is 0.192. The zero-order chi connectivity index (χ0) is 13.1. The second-order valence-electron chi connectivity index (χ2n) is 3.23. The van der Waals surface area contributed by atoms with E-state index in [1.54, 1.807) is 6.07 Å². The first-order valence-electron chi connectivity index (χ1n) is 4.74. The van der Waals surface area contributed by atoms with Crippen LogP contribution >= 0.6 is 39.3 Å². The fraction of sp³-hybridized carbons (Fsp3) is 0. The maximum Gasteiger partial charge on any atom is 0.335 e. The van der Waals surface area contributed by atoms with E-state index >= 15 is 0 Å². The summed E-state index contributed by atoms with van der Waals surface area (Å²) in [6.45, 7) is 0. The Bertz CT molecular complexity index is 609. The lowest BCUT2D eigenvalue weighted by Crippen LogP contribution is -1.96. The van der Waals surface area contributed by atoms with Crippen molar-refractivity contribution in [2.75, 3.05) is 0 Å². The van der Waals surface area contributed by atoms with E-state index in [2.05, 4.69) is 25.9 Å². The Morgan fingerprint density at radius 3 is 2.83 bits per heavy atom. The number of carbonyl (C=O) groups is 1. The first kappa shape index (κ1) is 13.3. The molecule has 0 aromatic carbocycles. The second-order valence-corrected chi connectivity index (χ2v) is 5.53. The first-order valence-corrected chi connectivity index (χ1v) is 6.73. The summed E-state index contributed by atoms with van der Waals surface area (Å²) in [5, 5.41) is 10.6. The van der Waals surface area contributed by atoms with Crippen LogP contribution in [0.25, 0.3) is 0 Å². The predicted molar refractivity (Wildman–Crippen MR) is 72.3 cm³/mol. The molecule has 92 valence electrons. The van der Waals surface area contributed by atoms with Crippen LogP contribution in [0.1, 0.15) is 10.4 Å². The van der Waals surface area contributed by atoms with Crippen LogP contribution in [0.4, 0.5) is 0 Å². The van der Waals surface area contributed by atoms with Crippen molar-refractivity contribution in [1.29, 1.82) is 0 Å². The number of carboxylic acid groups (broad SMARTS) is 1. The van der Waals surface area contributed by atoms with Gasteiger partial charge < -0.3 is 5.11 Å². The van der Waals surface area contributed by atoms with Crippen LogP contribution in [0, 0.1) is 0 Å². The van der Waals surface area contributed by atoms with Crippen molar-refractivity contribution in [2.24, 2.45) is 0 Å². The van der Waals surface area contributed by atoms with Gasteiger partial charge in [0, 0.05) is 12.4 Å². The number of aromatic nitrogens is 2.